The SMILES string of the molecule is O=C(COc1ccccc1Cc1ccccc1)Nc1ccc(NC(=O)c2ccco2)cc1. The highest BCUT2D eigenvalue weighted by Crippen LogP contribution is 2.21. The smallest absolute Gasteiger partial charge is 0.291 e. The number of amides is 2. The molecule has 0 aliphatic heterocycles. The van der Waals surface area contributed by atoms with Gasteiger partial charge in [0.1, 0.15) is 5.75 Å². The molecule has 0 aliphatic rings. The fraction of sp³-hybridized carbons (Fsp3) is 0.0769. The summed E-state index contributed by atoms with van der Waals surface area (Å²) in [5.41, 5.74) is 3.39. The summed E-state index contributed by atoms with van der Waals surface area (Å²) in [6.45, 7) is -0.108. The van der Waals surface area contributed by atoms with Gasteiger partial charge < -0.3 is 19.8 Å². The Bertz CT molecular complexity index is 1170. The molecular weight excluding hydrogens is 404 g/mol. The van der Waals surface area contributed by atoms with Crippen LogP contribution in [0, 0.1) is 0 Å². The van der Waals surface area contributed by atoms with Crippen LogP contribution in [-0.4, -0.2) is 18.4 Å². The van der Waals surface area contributed by atoms with Crippen LogP contribution in [0.4, 0.5) is 11.4 Å². The fourth-order valence-electron chi connectivity index (χ4n) is 3.18. The number of para-hydroxylation sites is 1. The first-order chi connectivity index (χ1) is 15.7. The van der Waals surface area contributed by atoms with Crippen molar-refractivity contribution in [1.82, 2.24) is 0 Å². The zero-order valence-corrected chi connectivity index (χ0v) is 17.3. The predicted molar refractivity (Wildman–Crippen MR) is 123 cm³/mol. The number of rotatable bonds is 8. The van der Waals surface area contributed by atoms with E-state index in [-0.39, 0.29) is 24.2 Å². The Morgan fingerprint density at radius 2 is 1.44 bits per heavy atom. The third kappa shape index (κ3) is 5.64. The van der Waals surface area contributed by atoms with Crippen molar-refractivity contribution >= 4 is 23.2 Å². The first-order valence-electron chi connectivity index (χ1n) is 10.2. The molecule has 0 saturated heterocycles. The molecule has 4 aromatic rings. The van der Waals surface area contributed by atoms with Crippen LogP contribution in [-0.2, 0) is 11.2 Å². The molecule has 6 heteroatoms. The van der Waals surface area contributed by atoms with Crippen molar-refractivity contribution in [2.45, 2.75) is 6.42 Å². The van der Waals surface area contributed by atoms with Crippen LogP contribution in [0.2, 0.25) is 0 Å². The van der Waals surface area contributed by atoms with E-state index in [1.807, 2.05) is 42.5 Å². The molecule has 0 radical (unpaired) electrons. The van der Waals surface area contributed by atoms with E-state index in [1.54, 1.807) is 36.4 Å². The van der Waals surface area contributed by atoms with Crippen molar-refractivity contribution in [3.8, 4) is 5.75 Å². The highest BCUT2D eigenvalue weighted by molar-refractivity contribution is 6.02. The number of furan rings is 1. The zero-order valence-electron chi connectivity index (χ0n) is 17.3. The number of nitrogens with one attached hydrogen (secondary N) is 2. The summed E-state index contributed by atoms with van der Waals surface area (Å²) in [7, 11) is 0. The standard InChI is InChI=1S/C26H22N2O4/c29-25(18-32-23-10-5-4-9-20(23)17-19-7-2-1-3-8-19)27-21-12-14-22(15-13-21)28-26(30)24-11-6-16-31-24/h1-16H,17-18H2,(H,27,29)(H,28,30). The van der Waals surface area contributed by atoms with Crippen LogP contribution < -0.4 is 15.4 Å². The highest BCUT2D eigenvalue weighted by atomic mass is 16.5. The second-order valence-corrected chi connectivity index (χ2v) is 7.12. The van der Waals surface area contributed by atoms with Gasteiger partial charge in [0.05, 0.1) is 6.26 Å². The first-order valence-corrected chi connectivity index (χ1v) is 10.2. The lowest BCUT2D eigenvalue weighted by Gasteiger charge is -2.12. The Balaban J connectivity index is 1.30. The molecule has 0 aliphatic carbocycles. The molecule has 2 amide bonds. The van der Waals surface area contributed by atoms with Crippen LogP contribution in [0.15, 0.2) is 102 Å². The summed E-state index contributed by atoms with van der Waals surface area (Å²) in [6, 6.07) is 27.9. The summed E-state index contributed by atoms with van der Waals surface area (Å²) in [4.78, 5) is 24.4. The Kier molecular flexibility index (Phi) is 6.63. The topological polar surface area (TPSA) is 80.6 Å². The molecule has 0 spiro atoms. The summed E-state index contributed by atoms with van der Waals surface area (Å²) >= 11 is 0. The minimum atomic E-state index is -0.339. The minimum absolute atomic E-state index is 0.108. The number of hydrogen-bond acceptors (Lipinski definition) is 4. The lowest BCUT2D eigenvalue weighted by Crippen LogP contribution is -2.20. The van der Waals surface area contributed by atoms with Crippen molar-refractivity contribution in [1.29, 1.82) is 0 Å². The summed E-state index contributed by atoms with van der Waals surface area (Å²) in [5.74, 6) is 0.302. The van der Waals surface area contributed by atoms with Crippen LogP contribution in [0.1, 0.15) is 21.7 Å². The molecule has 3 aromatic carbocycles. The molecule has 2 N–H and O–H groups in total. The number of carbonyl (C=O) groups is 2. The molecule has 0 bridgehead atoms. The van der Waals surface area contributed by atoms with Gasteiger partial charge in [-0.1, -0.05) is 48.5 Å². The van der Waals surface area contributed by atoms with E-state index in [0.29, 0.717) is 17.1 Å². The molecule has 0 atom stereocenters. The van der Waals surface area contributed by atoms with Crippen molar-refractivity contribution in [3.05, 3.63) is 114 Å². The molecule has 4 rings (SSSR count). The van der Waals surface area contributed by atoms with Gasteiger partial charge in [-0.25, -0.2) is 0 Å². The lowest BCUT2D eigenvalue weighted by molar-refractivity contribution is -0.118. The monoisotopic (exact) mass is 426 g/mol. The number of anilines is 2. The van der Waals surface area contributed by atoms with Crippen molar-refractivity contribution < 1.29 is 18.7 Å². The quantitative estimate of drug-likeness (QED) is 0.409. The Hall–Kier alpha value is -4.32. The third-order valence-electron chi connectivity index (χ3n) is 4.74. The largest absolute Gasteiger partial charge is 0.483 e. The summed E-state index contributed by atoms with van der Waals surface area (Å²) in [6.07, 6.45) is 2.17. The number of hydrogen-bond donors (Lipinski definition) is 2. The van der Waals surface area contributed by atoms with E-state index < -0.39 is 0 Å². The van der Waals surface area contributed by atoms with E-state index in [0.717, 1.165) is 12.0 Å². The molecule has 1 heterocycles. The highest BCUT2D eigenvalue weighted by Gasteiger charge is 2.10. The van der Waals surface area contributed by atoms with Crippen molar-refractivity contribution in [3.63, 3.8) is 0 Å². The number of ether oxygens (including phenoxy) is 1. The van der Waals surface area contributed by atoms with Crippen LogP contribution in [0.25, 0.3) is 0 Å². The molecular formula is C26H22N2O4. The number of carbonyl (C=O) groups excluding carboxylic acids is 2. The molecule has 0 unspecified atom stereocenters. The third-order valence-corrected chi connectivity index (χ3v) is 4.74. The van der Waals surface area contributed by atoms with Gasteiger partial charge in [0.25, 0.3) is 11.8 Å². The lowest BCUT2D eigenvalue weighted by atomic mass is 10.0. The Morgan fingerprint density at radius 1 is 0.750 bits per heavy atom. The summed E-state index contributed by atoms with van der Waals surface area (Å²) in [5, 5.41) is 5.52. The molecule has 32 heavy (non-hydrogen) atoms. The maximum Gasteiger partial charge on any atom is 0.291 e. The second kappa shape index (κ2) is 10.1. The zero-order chi connectivity index (χ0) is 22.2. The van der Waals surface area contributed by atoms with Gasteiger partial charge in [-0.15, -0.1) is 0 Å². The molecule has 160 valence electrons. The number of benzene rings is 3. The maximum atomic E-state index is 12.4. The molecule has 1 aromatic heterocycles. The molecule has 0 saturated carbocycles. The molecule has 6 nitrogen and oxygen atoms in total. The van der Waals surface area contributed by atoms with Gasteiger partial charge in [0, 0.05) is 17.8 Å². The second-order valence-electron chi connectivity index (χ2n) is 7.12. The van der Waals surface area contributed by atoms with E-state index >= 15 is 0 Å². The summed E-state index contributed by atoms with van der Waals surface area (Å²) < 4.78 is 10.8. The fourth-order valence-corrected chi connectivity index (χ4v) is 3.18. The van der Waals surface area contributed by atoms with Gasteiger partial charge in [-0.05, 0) is 53.6 Å². The Labute approximate surface area is 185 Å². The van der Waals surface area contributed by atoms with Gasteiger partial charge >= 0.3 is 0 Å². The molecule has 0 fully saturated rings. The van der Waals surface area contributed by atoms with Crippen LogP contribution in [0.3, 0.4) is 0 Å². The first kappa shape index (κ1) is 20.9. The average Bonchev–Trinajstić information content (AvgIpc) is 3.36. The predicted octanol–water partition coefficient (Wildman–Crippen LogP) is 5.14. The van der Waals surface area contributed by atoms with E-state index in [9.17, 15) is 9.59 Å². The van der Waals surface area contributed by atoms with Gasteiger partial charge in [-0.2, -0.15) is 0 Å². The van der Waals surface area contributed by atoms with E-state index in [2.05, 4.69) is 22.8 Å². The van der Waals surface area contributed by atoms with E-state index in [4.69, 9.17) is 9.15 Å². The van der Waals surface area contributed by atoms with Crippen LogP contribution in [0.5, 0.6) is 5.75 Å². The Morgan fingerprint density at radius 3 is 2.16 bits per heavy atom. The van der Waals surface area contributed by atoms with Gasteiger partial charge in [0.15, 0.2) is 12.4 Å². The maximum absolute atomic E-state index is 12.4. The van der Waals surface area contributed by atoms with E-state index in [1.165, 1.54) is 11.8 Å². The van der Waals surface area contributed by atoms with Gasteiger partial charge in [-0.3, -0.25) is 9.59 Å². The van der Waals surface area contributed by atoms with Crippen molar-refractivity contribution in [2.75, 3.05) is 17.2 Å². The minimum Gasteiger partial charge on any atom is -0.483 e. The van der Waals surface area contributed by atoms with Crippen LogP contribution >= 0.6 is 0 Å². The van der Waals surface area contributed by atoms with Crippen molar-refractivity contribution in [2.24, 2.45) is 0 Å². The normalized spacial score (nSPS) is 10.4. The van der Waals surface area contributed by atoms with Gasteiger partial charge in [0.2, 0.25) is 0 Å². The average molecular weight is 426 g/mol.